The third kappa shape index (κ3) is 2.46. The highest BCUT2D eigenvalue weighted by Crippen LogP contribution is 2.55. The summed E-state index contributed by atoms with van der Waals surface area (Å²) in [6, 6.07) is 12.3. The van der Waals surface area contributed by atoms with E-state index in [1.54, 1.807) is 47.4 Å². The summed E-state index contributed by atoms with van der Waals surface area (Å²) in [7, 11) is 1.23. The fourth-order valence-electron chi connectivity index (χ4n) is 5.48. The summed E-state index contributed by atoms with van der Waals surface area (Å²) < 4.78 is 16.1. The number of nitrogens with zero attached hydrogens (tertiary/aromatic N) is 1. The Balaban J connectivity index is 1.69. The van der Waals surface area contributed by atoms with Crippen LogP contribution in [-0.4, -0.2) is 31.6 Å². The van der Waals surface area contributed by atoms with E-state index in [1.807, 2.05) is 0 Å². The average molecular weight is 459 g/mol. The second-order valence-electron chi connectivity index (χ2n) is 8.47. The van der Waals surface area contributed by atoms with Crippen LogP contribution in [0.15, 0.2) is 65.1 Å². The fraction of sp³-hybridized carbons (Fsp3) is 0.240. The highest BCUT2D eigenvalue weighted by Gasteiger charge is 2.61. The smallest absolute Gasteiger partial charge is 0.339 e. The number of carbonyl (C=O) groups is 3. The fourth-order valence-corrected chi connectivity index (χ4v) is 5.48. The van der Waals surface area contributed by atoms with Gasteiger partial charge < -0.3 is 25.3 Å². The van der Waals surface area contributed by atoms with Gasteiger partial charge in [-0.2, -0.15) is 0 Å². The molecule has 0 saturated heterocycles. The van der Waals surface area contributed by atoms with Crippen LogP contribution in [0.2, 0.25) is 0 Å². The molecule has 3 aliphatic heterocycles. The third-order valence-corrected chi connectivity index (χ3v) is 6.83. The quantitative estimate of drug-likeness (QED) is 0.658. The standard InChI is InChI=1S/C25H21N3O6/c1-32-23(30)21-22(26)28(13-9-10-18-19(11-13)34-12-33-18)16-7-4-8-17(29)20(16)25(21)14-5-2-3-6-15(14)27-24(25)31/h2-3,5-6,9-11H,4,7-8,12,26H2,1H3,(H,27,31). The Hall–Kier alpha value is -4.27. The minimum absolute atomic E-state index is 0.0334. The lowest BCUT2D eigenvalue weighted by Gasteiger charge is -2.44. The molecule has 0 saturated carbocycles. The molecule has 34 heavy (non-hydrogen) atoms. The lowest BCUT2D eigenvalue weighted by molar-refractivity contribution is -0.138. The Morgan fingerprint density at radius 2 is 1.91 bits per heavy atom. The van der Waals surface area contributed by atoms with Crippen LogP contribution in [0.1, 0.15) is 24.8 Å². The van der Waals surface area contributed by atoms with Crippen molar-refractivity contribution in [3.63, 3.8) is 0 Å². The highest BCUT2D eigenvalue weighted by molar-refractivity contribution is 6.23. The molecule has 2 aromatic carbocycles. The molecular weight excluding hydrogens is 438 g/mol. The van der Waals surface area contributed by atoms with Crippen molar-refractivity contribution in [1.82, 2.24) is 0 Å². The number of anilines is 2. The van der Waals surface area contributed by atoms with Gasteiger partial charge in [-0.05, 0) is 31.0 Å². The van der Waals surface area contributed by atoms with Crippen LogP contribution in [0, 0.1) is 0 Å². The number of ether oxygens (including phenoxy) is 3. The van der Waals surface area contributed by atoms with Crippen molar-refractivity contribution in [2.45, 2.75) is 24.7 Å². The van der Waals surface area contributed by atoms with Gasteiger partial charge in [0.25, 0.3) is 0 Å². The van der Waals surface area contributed by atoms with Gasteiger partial charge in [0, 0.05) is 35.0 Å². The zero-order valence-electron chi connectivity index (χ0n) is 18.3. The number of Topliss-reactive ketones (excluding diaryl/α,β-unsaturated/α-hetero) is 1. The van der Waals surface area contributed by atoms with Crippen LogP contribution in [0.3, 0.4) is 0 Å². The number of rotatable bonds is 2. The SMILES string of the molecule is COC(=O)C1=C(N)N(c2ccc3c(c2)OCO3)C2=C(C(=O)CCC2)C12C(=O)Nc1ccccc12. The van der Waals surface area contributed by atoms with E-state index in [-0.39, 0.29) is 36.0 Å². The number of nitrogens with one attached hydrogen (secondary N) is 1. The molecule has 1 spiro atoms. The zero-order valence-corrected chi connectivity index (χ0v) is 18.3. The lowest BCUT2D eigenvalue weighted by atomic mass is 9.63. The van der Waals surface area contributed by atoms with Crippen molar-refractivity contribution in [1.29, 1.82) is 0 Å². The van der Waals surface area contributed by atoms with Crippen LogP contribution in [-0.2, 0) is 24.5 Å². The number of para-hydroxylation sites is 1. The number of allylic oxidation sites excluding steroid dienone is 1. The lowest BCUT2D eigenvalue weighted by Crippen LogP contribution is -2.53. The number of amides is 1. The van der Waals surface area contributed by atoms with E-state index in [0.29, 0.717) is 47.0 Å². The van der Waals surface area contributed by atoms with Gasteiger partial charge in [0.15, 0.2) is 17.3 Å². The number of hydrogen-bond donors (Lipinski definition) is 2. The molecule has 4 aliphatic rings. The monoisotopic (exact) mass is 459 g/mol. The maximum atomic E-state index is 13.7. The molecule has 0 radical (unpaired) electrons. The maximum Gasteiger partial charge on any atom is 0.339 e. The molecule has 172 valence electrons. The minimum atomic E-state index is -1.69. The van der Waals surface area contributed by atoms with Gasteiger partial charge in [0.1, 0.15) is 16.8 Å². The second kappa shape index (κ2) is 7.11. The van der Waals surface area contributed by atoms with Gasteiger partial charge in [0.05, 0.1) is 12.8 Å². The number of esters is 1. The Kier molecular flexibility index (Phi) is 4.26. The summed E-state index contributed by atoms with van der Waals surface area (Å²) in [6.45, 7) is 0.101. The summed E-state index contributed by atoms with van der Waals surface area (Å²) in [5.74, 6) is -0.326. The topological polar surface area (TPSA) is 120 Å². The molecule has 6 rings (SSSR count). The summed E-state index contributed by atoms with van der Waals surface area (Å²) in [5, 5.41) is 2.85. The van der Waals surface area contributed by atoms with Gasteiger partial charge in [0.2, 0.25) is 12.7 Å². The van der Waals surface area contributed by atoms with Crippen molar-refractivity contribution < 1.29 is 28.6 Å². The van der Waals surface area contributed by atoms with E-state index in [4.69, 9.17) is 19.9 Å². The number of ketones is 1. The van der Waals surface area contributed by atoms with E-state index >= 15 is 0 Å². The molecule has 0 bridgehead atoms. The van der Waals surface area contributed by atoms with Crippen LogP contribution < -0.4 is 25.4 Å². The first-order chi connectivity index (χ1) is 16.5. The summed E-state index contributed by atoms with van der Waals surface area (Å²) in [5.41, 5.74) is 7.42. The first-order valence-electron chi connectivity index (χ1n) is 10.9. The number of hydrogen-bond acceptors (Lipinski definition) is 8. The Labute approximate surface area is 194 Å². The van der Waals surface area contributed by atoms with Crippen LogP contribution in [0.25, 0.3) is 0 Å². The molecule has 3 heterocycles. The molecule has 2 aromatic rings. The first-order valence-corrected chi connectivity index (χ1v) is 10.9. The zero-order chi connectivity index (χ0) is 23.6. The Bertz CT molecular complexity index is 1360. The van der Waals surface area contributed by atoms with Gasteiger partial charge in [-0.3, -0.25) is 14.5 Å². The van der Waals surface area contributed by atoms with Gasteiger partial charge in [-0.15, -0.1) is 0 Å². The summed E-state index contributed by atoms with van der Waals surface area (Å²) in [6.07, 6.45) is 1.36. The molecule has 1 amide bonds. The molecule has 9 nitrogen and oxygen atoms in total. The number of methoxy groups -OCH3 is 1. The van der Waals surface area contributed by atoms with Crippen molar-refractivity contribution in [3.05, 3.63) is 70.7 Å². The van der Waals surface area contributed by atoms with E-state index in [0.717, 1.165) is 0 Å². The second-order valence-corrected chi connectivity index (χ2v) is 8.47. The van der Waals surface area contributed by atoms with Crippen molar-refractivity contribution in [2.75, 3.05) is 24.1 Å². The molecule has 0 fully saturated rings. The van der Waals surface area contributed by atoms with Crippen molar-refractivity contribution in [2.24, 2.45) is 5.73 Å². The molecule has 0 aromatic heterocycles. The van der Waals surface area contributed by atoms with E-state index in [1.165, 1.54) is 7.11 Å². The van der Waals surface area contributed by atoms with E-state index in [2.05, 4.69) is 5.32 Å². The number of fused-ring (bicyclic) bond motifs is 4. The van der Waals surface area contributed by atoms with E-state index < -0.39 is 17.3 Å². The molecule has 1 atom stereocenters. The van der Waals surface area contributed by atoms with Gasteiger partial charge in [-0.25, -0.2) is 4.79 Å². The molecule has 1 unspecified atom stereocenters. The Morgan fingerprint density at radius 3 is 2.74 bits per heavy atom. The third-order valence-electron chi connectivity index (χ3n) is 6.83. The summed E-state index contributed by atoms with van der Waals surface area (Å²) >= 11 is 0. The molecule has 9 heteroatoms. The number of carbonyl (C=O) groups excluding carboxylic acids is 3. The van der Waals surface area contributed by atoms with Crippen molar-refractivity contribution in [3.8, 4) is 11.5 Å². The molecule has 1 aliphatic carbocycles. The summed E-state index contributed by atoms with van der Waals surface area (Å²) in [4.78, 5) is 42.2. The van der Waals surface area contributed by atoms with Crippen molar-refractivity contribution >= 4 is 29.0 Å². The Morgan fingerprint density at radius 1 is 1.12 bits per heavy atom. The largest absolute Gasteiger partial charge is 0.466 e. The first kappa shape index (κ1) is 20.3. The number of nitrogens with two attached hydrogens (primary N) is 1. The predicted octanol–water partition coefficient (Wildman–Crippen LogP) is 2.48. The number of benzene rings is 2. The predicted molar refractivity (Wildman–Crippen MR) is 121 cm³/mol. The van der Waals surface area contributed by atoms with Crippen LogP contribution in [0.5, 0.6) is 11.5 Å². The minimum Gasteiger partial charge on any atom is -0.466 e. The van der Waals surface area contributed by atoms with Gasteiger partial charge >= 0.3 is 5.97 Å². The normalized spacial score (nSPS) is 22.7. The van der Waals surface area contributed by atoms with Crippen LogP contribution >= 0.6 is 0 Å². The maximum absolute atomic E-state index is 13.7. The molecular formula is C25H21N3O6. The average Bonchev–Trinajstić information content (AvgIpc) is 3.41. The molecule has 3 N–H and O–H groups in total. The van der Waals surface area contributed by atoms with Gasteiger partial charge in [-0.1, -0.05) is 18.2 Å². The van der Waals surface area contributed by atoms with E-state index in [9.17, 15) is 14.4 Å². The highest BCUT2D eigenvalue weighted by atomic mass is 16.7. The van der Waals surface area contributed by atoms with Crippen LogP contribution in [0.4, 0.5) is 11.4 Å².